The van der Waals surface area contributed by atoms with Crippen molar-refractivity contribution in [3.8, 4) is 5.75 Å². The van der Waals surface area contributed by atoms with Crippen molar-refractivity contribution in [1.82, 2.24) is 9.80 Å². The Morgan fingerprint density at radius 3 is 2.73 bits per heavy atom. The number of hydrogen-bond acceptors (Lipinski definition) is 4. The summed E-state index contributed by atoms with van der Waals surface area (Å²) in [5.41, 5.74) is 0.319. The van der Waals surface area contributed by atoms with Gasteiger partial charge in [-0.15, -0.1) is 0 Å². The number of rotatable bonds is 2. The molecule has 22 heavy (non-hydrogen) atoms. The van der Waals surface area contributed by atoms with Crippen LogP contribution in [-0.2, 0) is 4.74 Å². The van der Waals surface area contributed by atoms with E-state index in [9.17, 15) is 9.90 Å². The summed E-state index contributed by atoms with van der Waals surface area (Å²) >= 11 is 5.83. The molecule has 2 saturated heterocycles. The Labute approximate surface area is 135 Å². The molecule has 1 aromatic carbocycles. The zero-order valence-electron chi connectivity index (χ0n) is 12.7. The van der Waals surface area contributed by atoms with E-state index in [0.29, 0.717) is 35.6 Å². The van der Waals surface area contributed by atoms with Gasteiger partial charge >= 0.3 is 0 Å². The molecule has 2 heterocycles. The molecule has 1 N–H and O–H groups in total. The van der Waals surface area contributed by atoms with Crippen molar-refractivity contribution in [2.75, 3.05) is 39.4 Å². The van der Waals surface area contributed by atoms with E-state index in [1.165, 1.54) is 6.07 Å². The van der Waals surface area contributed by atoms with E-state index in [-0.39, 0.29) is 11.7 Å². The van der Waals surface area contributed by atoms with Crippen molar-refractivity contribution in [2.45, 2.75) is 13.0 Å². The normalized spacial score (nSPS) is 26.4. The Hall–Kier alpha value is -1.30. The molecule has 2 unspecified atom stereocenters. The molecule has 0 bridgehead atoms. The molecule has 2 aliphatic rings. The van der Waals surface area contributed by atoms with Crippen LogP contribution in [0.15, 0.2) is 18.2 Å². The van der Waals surface area contributed by atoms with Crippen LogP contribution in [0.4, 0.5) is 0 Å². The topological polar surface area (TPSA) is 53.0 Å². The third-order valence-corrected chi connectivity index (χ3v) is 4.80. The second-order valence-corrected chi connectivity index (χ2v) is 6.50. The minimum atomic E-state index is -0.128. The van der Waals surface area contributed by atoms with Gasteiger partial charge in [-0.1, -0.05) is 18.5 Å². The van der Waals surface area contributed by atoms with Crippen molar-refractivity contribution < 1.29 is 14.6 Å². The van der Waals surface area contributed by atoms with Crippen LogP contribution >= 0.6 is 11.6 Å². The molecule has 2 atom stereocenters. The lowest BCUT2D eigenvalue weighted by Gasteiger charge is -2.34. The number of phenols is 1. The first kappa shape index (κ1) is 15.6. The number of aromatic hydroxyl groups is 1. The van der Waals surface area contributed by atoms with Gasteiger partial charge in [0.25, 0.3) is 5.91 Å². The first-order chi connectivity index (χ1) is 10.6. The summed E-state index contributed by atoms with van der Waals surface area (Å²) < 4.78 is 5.40. The van der Waals surface area contributed by atoms with Gasteiger partial charge in [0.05, 0.1) is 18.8 Å². The number of likely N-dealkylation sites (tertiary alicyclic amines) is 1. The van der Waals surface area contributed by atoms with Gasteiger partial charge in [0.15, 0.2) is 0 Å². The Morgan fingerprint density at radius 2 is 2.05 bits per heavy atom. The fourth-order valence-corrected chi connectivity index (χ4v) is 3.52. The van der Waals surface area contributed by atoms with Gasteiger partial charge in [0.2, 0.25) is 0 Å². The first-order valence-electron chi connectivity index (χ1n) is 7.66. The lowest BCUT2D eigenvalue weighted by Crippen LogP contribution is -2.47. The van der Waals surface area contributed by atoms with Gasteiger partial charge in [-0.05, 0) is 24.1 Å². The minimum absolute atomic E-state index is 0.0556. The largest absolute Gasteiger partial charge is 0.507 e. The summed E-state index contributed by atoms with van der Waals surface area (Å²) in [5.74, 6) is 0.230. The summed E-state index contributed by atoms with van der Waals surface area (Å²) in [6, 6.07) is 5.00. The van der Waals surface area contributed by atoms with Gasteiger partial charge in [0, 0.05) is 37.2 Å². The van der Waals surface area contributed by atoms with Crippen LogP contribution in [0.5, 0.6) is 5.75 Å². The van der Waals surface area contributed by atoms with Crippen LogP contribution in [0.2, 0.25) is 5.02 Å². The molecule has 3 rings (SSSR count). The van der Waals surface area contributed by atoms with Crippen LogP contribution in [0.3, 0.4) is 0 Å². The van der Waals surface area contributed by atoms with Crippen molar-refractivity contribution in [3.05, 3.63) is 28.8 Å². The molecule has 0 spiro atoms. The molecule has 6 heteroatoms. The van der Waals surface area contributed by atoms with Gasteiger partial charge in [-0.3, -0.25) is 9.69 Å². The van der Waals surface area contributed by atoms with E-state index in [2.05, 4.69) is 11.8 Å². The molecular formula is C16H21ClN2O3. The highest BCUT2D eigenvalue weighted by Crippen LogP contribution is 2.28. The maximum absolute atomic E-state index is 12.6. The predicted molar refractivity (Wildman–Crippen MR) is 84.4 cm³/mol. The minimum Gasteiger partial charge on any atom is -0.507 e. The Balaban J connectivity index is 1.71. The Kier molecular flexibility index (Phi) is 4.57. The highest BCUT2D eigenvalue weighted by atomic mass is 35.5. The van der Waals surface area contributed by atoms with Crippen molar-refractivity contribution in [3.63, 3.8) is 0 Å². The number of halogens is 1. The zero-order chi connectivity index (χ0) is 15.7. The molecule has 120 valence electrons. The number of hydrogen-bond donors (Lipinski definition) is 1. The number of carbonyl (C=O) groups excluding carboxylic acids is 1. The standard InChI is InChI=1S/C16H21ClN2O3/c1-11-9-19(10-14(11)18-4-6-22-7-5-18)16(21)13-3-2-12(17)8-15(13)20/h2-3,8,11,14,20H,4-7,9-10H2,1H3. The van der Waals surface area contributed by atoms with Crippen LogP contribution in [0.25, 0.3) is 0 Å². The maximum Gasteiger partial charge on any atom is 0.257 e. The summed E-state index contributed by atoms with van der Waals surface area (Å²) in [7, 11) is 0. The zero-order valence-corrected chi connectivity index (χ0v) is 13.4. The maximum atomic E-state index is 12.6. The summed E-state index contributed by atoms with van der Waals surface area (Å²) in [4.78, 5) is 16.9. The summed E-state index contributed by atoms with van der Waals surface area (Å²) in [5, 5.41) is 10.4. The van der Waals surface area contributed by atoms with Crippen molar-refractivity contribution in [2.24, 2.45) is 5.92 Å². The third-order valence-electron chi connectivity index (χ3n) is 4.56. The molecule has 0 saturated carbocycles. The molecule has 1 amide bonds. The van der Waals surface area contributed by atoms with E-state index in [1.807, 2.05) is 4.90 Å². The molecular weight excluding hydrogens is 304 g/mol. The van der Waals surface area contributed by atoms with Crippen molar-refractivity contribution in [1.29, 1.82) is 0 Å². The lowest BCUT2D eigenvalue weighted by atomic mass is 10.0. The molecule has 0 radical (unpaired) electrons. The SMILES string of the molecule is CC1CN(C(=O)c2ccc(Cl)cc2O)CC1N1CCOCC1. The molecule has 0 aromatic heterocycles. The fourth-order valence-electron chi connectivity index (χ4n) is 3.36. The number of amides is 1. The monoisotopic (exact) mass is 324 g/mol. The summed E-state index contributed by atoms with van der Waals surface area (Å²) in [6.45, 7) is 6.94. The second kappa shape index (κ2) is 6.44. The fraction of sp³-hybridized carbons (Fsp3) is 0.562. The predicted octanol–water partition coefficient (Wildman–Crippen LogP) is 1.84. The van der Waals surface area contributed by atoms with E-state index in [4.69, 9.17) is 16.3 Å². The van der Waals surface area contributed by atoms with Crippen LogP contribution < -0.4 is 0 Å². The number of ether oxygens (including phenoxy) is 1. The van der Waals surface area contributed by atoms with Gasteiger partial charge in [0.1, 0.15) is 5.75 Å². The number of phenolic OH excluding ortho intramolecular Hbond substituents is 1. The van der Waals surface area contributed by atoms with Gasteiger partial charge < -0.3 is 14.7 Å². The molecule has 5 nitrogen and oxygen atoms in total. The number of benzene rings is 1. The summed E-state index contributed by atoms with van der Waals surface area (Å²) in [6.07, 6.45) is 0. The van der Waals surface area contributed by atoms with E-state index >= 15 is 0 Å². The van der Waals surface area contributed by atoms with Crippen molar-refractivity contribution >= 4 is 17.5 Å². The number of morpholine rings is 1. The van der Waals surface area contributed by atoms with E-state index in [1.54, 1.807) is 12.1 Å². The molecule has 2 fully saturated rings. The average Bonchev–Trinajstić information content (AvgIpc) is 2.89. The second-order valence-electron chi connectivity index (χ2n) is 6.06. The first-order valence-corrected chi connectivity index (χ1v) is 8.03. The average molecular weight is 325 g/mol. The van der Waals surface area contributed by atoms with E-state index in [0.717, 1.165) is 26.3 Å². The molecule has 2 aliphatic heterocycles. The lowest BCUT2D eigenvalue weighted by molar-refractivity contribution is 0.0119. The molecule has 1 aromatic rings. The smallest absolute Gasteiger partial charge is 0.257 e. The number of nitrogens with zero attached hydrogens (tertiary/aromatic N) is 2. The van der Waals surface area contributed by atoms with Crippen LogP contribution in [0, 0.1) is 5.92 Å². The van der Waals surface area contributed by atoms with Gasteiger partial charge in [-0.2, -0.15) is 0 Å². The highest BCUT2D eigenvalue weighted by molar-refractivity contribution is 6.30. The Morgan fingerprint density at radius 1 is 1.32 bits per heavy atom. The third kappa shape index (κ3) is 3.07. The Bertz CT molecular complexity index is 560. The van der Waals surface area contributed by atoms with E-state index < -0.39 is 0 Å². The van der Waals surface area contributed by atoms with Crippen LogP contribution in [-0.4, -0.2) is 66.2 Å². The quantitative estimate of drug-likeness (QED) is 0.902. The number of carbonyl (C=O) groups is 1. The van der Waals surface area contributed by atoms with Gasteiger partial charge in [-0.25, -0.2) is 0 Å². The highest BCUT2D eigenvalue weighted by Gasteiger charge is 2.37. The molecule has 0 aliphatic carbocycles. The van der Waals surface area contributed by atoms with Crippen LogP contribution in [0.1, 0.15) is 17.3 Å².